The third-order valence-corrected chi connectivity index (χ3v) is 5.30. The molecule has 0 unspecified atom stereocenters. The van der Waals surface area contributed by atoms with Crippen LogP contribution in [0.15, 0.2) is 23.2 Å². The number of anilines is 2. The number of rotatable bonds is 7. The third-order valence-electron chi connectivity index (χ3n) is 3.04. The molecule has 2 aromatic rings. The molecule has 0 spiro atoms. The fraction of sp³-hybridized carbons (Fsp3) is 0.429. The molecule has 2 heterocycles. The van der Waals surface area contributed by atoms with Gasteiger partial charge in [0, 0.05) is 27.1 Å². The highest BCUT2D eigenvalue weighted by atomic mass is 79.9. The van der Waals surface area contributed by atoms with Gasteiger partial charge in [-0.1, -0.05) is 19.6 Å². The van der Waals surface area contributed by atoms with Crippen LogP contribution < -0.4 is 5.32 Å². The summed E-state index contributed by atoms with van der Waals surface area (Å²) in [4.78, 5) is 8.15. The van der Waals surface area contributed by atoms with Gasteiger partial charge < -0.3 is 10.1 Å². The predicted molar refractivity (Wildman–Crippen MR) is 94.1 cm³/mol. The molecule has 23 heavy (non-hydrogen) atoms. The van der Waals surface area contributed by atoms with Crippen molar-refractivity contribution in [2.45, 2.75) is 32.4 Å². The van der Waals surface area contributed by atoms with Gasteiger partial charge >= 0.3 is 0 Å². The summed E-state index contributed by atoms with van der Waals surface area (Å²) in [5, 5.41) is 16.7. The van der Waals surface area contributed by atoms with E-state index in [0.717, 1.165) is 6.04 Å². The summed E-state index contributed by atoms with van der Waals surface area (Å²) in [7, 11) is -1.13. The molecule has 0 bridgehead atoms. The summed E-state index contributed by atoms with van der Waals surface area (Å²) in [5.74, 6) is 1.08. The first-order valence-electron chi connectivity index (χ1n) is 7.18. The molecule has 0 amide bonds. The minimum Gasteiger partial charge on any atom is -0.359 e. The van der Waals surface area contributed by atoms with Crippen LogP contribution in [-0.4, -0.2) is 34.4 Å². The number of nitrogens with zero attached hydrogens (tertiary/aromatic N) is 5. The Kier molecular flexibility index (Phi) is 5.87. The van der Waals surface area contributed by atoms with Gasteiger partial charge in [-0.3, -0.25) is 4.98 Å². The van der Waals surface area contributed by atoms with Crippen LogP contribution >= 0.6 is 15.9 Å². The lowest BCUT2D eigenvalue weighted by atomic mass is 10.3. The van der Waals surface area contributed by atoms with Gasteiger partial charge in [-0.2, -0.15) is 10.4 Å². The Balaban J connectivity index is 2.11. The SMILES string of the molecule is C[Si](C)(C)CCOCn1nc(Br)c(C#N)c1Nc1cnccn1. The molecular formula is C14H19BrN6OSi. The molecule has 0 atom stereocenters. The third kappa shape index (κ3) is 5.13. The molecule has 0 fully saturated rings. The number of halogens is 1. The molecule has 0 aliphatic rings. The minimum atomic E-state index is -1.13. The first kappa shape index (κ1) is 17.6. The number of ether oxygens (including phenoxy) is 1. The fourth-order valence-corrected chi connectivity index (χ4v) is 2.99. The zero-order chi connectivity index (χ0) is 16.9. The van der Waals surface area contributed by atoms with Crippen molar-refractivity contribution >= 4 is 35.6 Å². The minimum absolute atomic E-state index is 0.271. The van der Waals surface area contributed by atoms with Gasteiger partial charge in [0.05, 0.1) is 6.20 Å². The van der Waals surface area contributed by atoms with Gasteiger partial charge in [-0.05, 0) is 22.0 Å². The molecule has 7 nitrogen and oxygen atoms in total. The monoisotopic (exact) mass is 394 g/mol. The van der Waals surface area contributed by atoms with Gasteiger partial charge in [0.1, 0.15) is 28.8 Å². The predicted octanol–water partition coefficient (Wildman–Crippen LogP) is 3.36. The van der Waals surface area contributed by atoms with E-state index in [4.69, 9.17) is 4.74 Å². The van der Waals surface area contributed by atoms with Crippen molar-refractivity contribution in [2.24, 2.45) is 0 Å². The van der Waals surface area contributed by atoms with Gasteiger partial charge in [0.15, 0.2) is 5.82 Å². The normalized spacial score (nSPS) is 11.3. The van der Waals surface area contributed by atoms with Crippen LogP contribution in [0.4, 0.5) is 11.6 Å². The van der Waals surface area contributed by atoms with E-state index in [1.807, 2.05) is 0 Å². The van der Waals surface area contributed by atoms with Crippen molar-refractivity contribution in [3.05, 3.63) is 28.8 Å². The summed E-state index contributed by atoms with van der Waals surface area (Å²) in [6, 6.07) is 3.21. The Morgan fingerprint density at radius 2 is 2.17 bits per heavy atom. The Hall–Kier alpha value is -1.76. The highest BCUT2D eigenvalue weighted by Crippen LogP contribution is 2.26. The largest absolute Gasteiger partial charge is 0.359 e. The molecule has 0 aliphatic heterocycles. The molecule has 0 radical (unpaired) electrons. The van der Waals surface area contributed by atoms with Crippen LogP contribution in [0.2, 0.25) is 25.7 Å². The number of aromatic nitrogens is 4. The molecule has 9 heteroatoms. The second-order valence-electron chi connectivity index (χ2n) is 6.19. The summed E-state index contributed by atoms with van der Waals surface area (Å²) in [5.41, 5.74) is 0.407. The topological polar surface area (TPSA) is 88.7 Å². The molecule has 0 aromatic carbocycles. The van der Waals surface area contributed by atoms with Gasteiger partial charge in [-0.15, -0.1) is 0 Å². The van der Waals surface area contributed by atoms with Crippen molar-refractivity contribution in [2.75, 3.05) is 11.9 Å². The number of nitriles is 1. The van der Waals surface area contributed by atoms with E-state index in [9.17, 15) is 5.26 Å². The summed E-state index contributed by atoms with van der Waals surface area (Å²) in [6.07, 6.45) is 4.75. The van der Waals surface area contributed by atoms with E-state index < -0.39 is 8.07 Å². The highest BCUT2D eigenvalue weighted by molar-refractivity contribution is 9.10. The van der Waals surface area contributed by atoms with E-state index in [1.54, 1.807) is 23.3 Å². The van der Waals surface area contributed by atoms with E-state index in [-0.39, 0.29) is 6.73 Å². The Labute approximate surface area is 144 Å². The Bertz CT molecular complexity index is 692. The molecule has 2 rings (SSSR count). The van der Waals surface area contributed by atoms with Gasteiger partial charge in [0.25, 0.3) is 0 Å². The fourth-order valence-electron chi connectivity index (χ4n) is 1.77. The van der Waals surface area contributed by atoms with Crippen molar-refractivity contribution in [1.82, 2.24) is 19.7 Å². The lowest BCUT2D eigenvalue weighted by molar-refractivity contribution is 0.0799. The number of hydrogen-bond donors (Lipinski definition) is 1. The van der Waals surface area contributed by atoms with Crippen LogP contribution in [0.25, 0.3) is 0 Å². The zero-order valence-corrected chi connectivity index (χ0v) is 16.0. The maximum absolute atomic E-state index is 9.32. The molecule has 0 saturated heterocycles. The van der Waals surface area contributed by atoms with Crippen LogP contribution in [0.1, 0.15) is 5.56 Å². The molecule has 0 aliphatic carbocycles. The summed E-state index contributed by atoms with van der Waals surface area (Å²) in [6.45, 7) is 7.86. The maximum atomic E-state index is 9.32. The highest BCUT2D eigenvalue weighted by Gasteiger charge is 2.17. The summed E-state index contributed by atoms with van der Waals surface area (Å²) < 4.78 is 7.80. The average molecular weight is 395 g/mol. The second-order valence-corrected chi connectivity index (χ2v) is 12.6. The molecule has 2 aromatic heterocycles. The van der Waals surface area contributed by atoms with E-state index in [0.29, 0.717) is 28.4 Å². The van der Waals surface area contributed by atoms with E-state index in [1.165, 1.54) is 0 Å². The van der Waals surface area contributed by atoms with Gasteiger partial charge in [-0.25, -0.2) is 9.67 Å². The molecule has 0 saturated carbocycles. The second kappa shape index (κ2) is 7.67. The maximum Gasteiger partial charge on any atom is 0.151 e. The molecule has 122 valence electrons. The van der Waals surface area contributed by atoms with Crippen molar-refractivity contribution in [3.8, 4) is 6.07 Å². The van der Waals surface area contributed by atoms with E-state index in [2.05, 4.69) is 62.0 Å². The number of hydrogen-bond acceptors (Lipinski definition) is 6. The van der Waals surface area contributed by atoms with Gasteiger partial charge in [0.2, 0.25) is 0 Å². The van der Waals surface area contributed by atoms with Crippen molar-refractivity contribution in [3.63, 3.8) is 0 Å². The standard InChI is InChI=1S/C14H19BrN6OSi/c1-23(2,3)7-6-22-10-21-14(11(8-16)13(15)20-21)19-12-9-17-4-5-18-12/h4-5,9H,6-7,10H2,1-3H3,(H,18,19). The quantitative estimate of drug-likeness (QED) is 0.571. The smallest absolute Gasteiger partial charge is 0.151 e. The van der Waals surface area contributed by atoms with Crippen molar-refractivity contribution in [1.29, 1.82) is 5.26 Å². The number of nitrogens with one attached hydrogen (secondary N) is 1. The summed E-state index contributed by atoms with van der Waals surface area (Å²) >= 11 is 3.30. The molecule has 1 N–H and O–H groups in total. The van der Waals surface area contributed by atoms with Crippen LogP contribution in [0.3, 0.4) is 0 Å². The van der Waals surface area contributed by atoms with Crippen LogP contribution in [0, 0.1) is 11.3 Å². The Morgan fingerprint density at radius 3 is 2.78 bits per heavy atom. The first-order valence-corrected chi connectivity index (χ1v) is 11.7. The zero-order valence-electron chi connectivity index (χ0n) is 13.4. The van der Waals surface area contributed by atoms with Crippen LogP contribution in [0.5, 0.6) is 0 Å². The van der Waals surface area contributed by atoms with E-state index >= 15 is 0 Å². The van der Waals surface area contributed by atoms with Crippen LogP contribution in [-0.2, 0) is 11.5 Å². The first-order chi connectivity index (χ1) is 10.9. The lowest BCUT2D eigenvalue weighted by Crippen LogP contribution is -2.22. The Morgan fingerprint density at radius 1 is 1.39 bits per heavy atom. The lowest BCUT2D eigenvalue weighted by Gasteiger charge is -2.16. The van der Waals surface area contributed by atoms with Crippen molar-refractivity contribution < 1.29 is 4.74 Å². The molecular weight excluding hydrogens is 376 g/mol. The average Bonchev–Trinajstić information content (AvgIpc) is 2.79.